The van der Waals surface area contributed by atoms with Crippen LogP contribution in [0.5, 0.6) is 0 Å². The molecule has 0 saturated heterocycles. The molecule has 0 atom stereocenters. The monoisotopic (exact) mass is 220 g/mol. The Morgan fingerprint density at radius 2 is 2.12 bits per heavy atom. The Morgan fingerprint density at radius 1 is 1.38 bits per heavy atom. The number of rotatable bonds is 4. The topological polar surface area (TPSA) is 27.1 Å². The van der Waals surface area contributed by atoms with Gasteiger partial charge >= 0.3 is 0 Å². The van der Waals surface area contributed by atoms with Crippen LogP contribution < -0.4 is 0 Å². The molecule has 1 heterocycles. The lowest BCUT2D eigenvalue weighted by atomic mass is 10.2. The number of hydrogen-bond donors (Lipinski definition) is 0. The Labute approximate surface area is 97.8 Å². The first-order chi connectivity index (χ1) is 7.58. The molecule has 0 saturated carbocycles. The van der Waals surface area contributed by atoms with Crippen molar-refractivity contribution < 1.29 is 4.74 Å². The van der Waals surface area contributed by atoms with Gasteiger partial charge in [-0.2, -0.15) is 5.10 Å². The molecule has 0 amide bonds. The fraction of sp³-hybridized carbons (Fsp3) is 0.615. The minimum atomic E-state index is 0.274. The van der Waals surface area contributed by atoms with Gasteiger partial charge in [-0.3, -0.25) is 4.68 Å². The molecule has 1 rings (SSSR count). The molecule has 0 spiro atoms. The Morgan fingerprint density at radius 3 is 2.75 bits per heavy atom. The maximum Gasteiger partial charge on any atom is 0.0666 e. The lowest BCUT2D eigenvalue weighted by Crippen LogP contribution is -2.10. The van der Waals surface area contributed by atoms with Crippen LogP contribution in [0.2, 0.25) is 0 Å². The normalized spacial score (nSPS) is 10.6. The molecule has 0 N–H and O–H groups in total. The summed E-state index contributed by atoms with van der Waals surface area (Å²) in [6.45, 7) is 9.69. The molecule has 0 fully saturated rings. The van der Waals surface area contributed by atoms with E-state index in [0.29, 0.717) is 12.5 Å². The Balaban J connectivity index is 2.43. The van der Waals surface area contributed by atoms with Gasteiger partial charge < -0.3 is 4.74 Å². The van der Waals surface area contributed by atoms with Crippen LogP contribution in [0.4, 0.5) is 0 Å². The molecule has 0 aromatic carbocycles. The summed E-state index contributed by atoms with van der Waals surface area (Å²) in [6.07, 6.45) is 4.03. The number of hydrogen-bond acceptors (Lipinski definition) is 2. The third-order valence-electron chi connectivity index (χ3n) is 1.91. The summed E-state index contributed by atoms with van der Waals surface area (Å²) in [5.41, 5.74) is 0.971. The van der Waals surface area contributed by atoms with Crippen molar-refractivity contribution in [1.29, 1.82) is 0 Å². The van der Waals surface area contributed by atoms with E-state index in [1.165, 1.54) is 0 Å². The maximum absolute atomic E-state index is 5.46. The van der Waals surface area contributed by atoms with Gasteiger partial charge in [-0.25, -0.2) is 0 Å². The first kappa shape index (κ1) is 12.8. The van der Waals surface area contributed by atoms with Gasteiger partial charge in [0.2, 0.25) is 0 Å². The van der Waals surface area contributed by atoms with Crippen LogP contribution >= 0.6 is 0 Å². The second kappa shape index (κ2) is 6.34. The second-order valence-electron chi connectivity index (χ2n) is 4.34. The molecule has 3 heteroatoms. The number of ether oxygens (including phenoxy) is 1. The average Bonchev–Trinajstić information content (AvgIpc) is 2.62. The zero-order valence-electron chi connectivity index (χ0n) is 10.5. The van der Waals surface area contributed by atoms with E-state index in [9.17, 15) is 0 Å². The second-order valence-corrected chi connectivity index (χ2v) is 4.34. The summed E-state index contributed by atoms with van der Waals surface area (Å²) in [7, 11) is 0. The van der Waals surface area contributed by atoms with Crippen LogP contribution in [-0.4, -0.2) is 22.5 Å². The fourth-order valence-corrected chi connectivity index (χ4v) is 1.16. The molecule has 0 unspecified atom stereocenters. The van der Waals surface area contributed by atoms with Crippen LogP contribution in [0.3, 0.4) is 0 Å². The molecule has 88 valence electrons. The van der Waals surface area contributed by atoms with E-state index in [-0.39, 0.29) is 6.10 Å². The van der Waals surface area contributed by atoms with E-state index in [4.69, 9.17) is 4.74 Å². The van der Waals surface area contributed by atoms with E-state index >= 15 is 0 Å². The van der Waals surface area contributed by atoms with E-state index in [0.717, 1.165) is 12.1 Å². The van der Waals surface area contributed by atoms with Crippen molar-refractivity contribution in [2.45, 2.75) is 40.3 Å². The van der Waals surface area contributed by atoms with Crippen molar-refractivity contribution in [3.8, 4) is 11.8 Å². The third-order valence-corrected chi connectivity index (χ3v) is 1.91. The predicted molar refractivity (Wildman–Crippen MR) is 65.0 cm³/mol. The molecule has 0 aliphatic carbocycles. The molecular weight excluding hydrogens is 200 g/mol. The lowest BCUT2D eigenvalue weighted by Gasteiger charge is -2.06. The minimum Gasteiger partial charge on any atom is -0.377 e. The summed E-state index contributed by atoms with van der Waals surface area (Å²) in [6, 6.07) is 0. The van der Waals surface area contributed by atoms with Crippen molar-refractivity contribution in [1.82, 2.24) is 9.78 Å². The van der Waals surface area contributed by atoms with Crippen LogP contribution in [0.15, 0.2) is 12.4 Å². The molecule has 0 aliphatic heterocycles. The predicted octanol–water partition coefficient (Wildman–Crippen LogP) is 2.32. The summed E-state index contributed by atoms with van der Waals surface area (Å²) >= 11 is 0. The molecule has 1 aromatic rings. The van der Waals surface area contributed by atoms with Crippen LogP contribution in [0.1, 0.15) is 33.3 Å². The highest BCUT2D eigenvalue weighted by atomic mass is 16.5. The minimum absolute atomic E-state index is 0.274. The molecule has 3 nitrogen and oxygen atoms in total. The molecule has 0 aliphatic rings. The van der Waals surface area contributed by atoms with E-state index in [1.54, 1.807) is 6.20 Å². The van der Waals surface area contributed by atoms with Crippen molar-refractivity contribution in [3.63, 3.8) is 0 Å². The first-order valence-corrected chi connectivity index (χ1v) is 5.73. The lowest BCUT2D eigenvalue weighted by molar-refractivity contribution is 0.0710. The molecule has 0 bridgehead atoms. The van der Waals surface area contributed by atoms with Gasteiger partial charge in [-0.15, -0.1) is 0 Å². The molecule has 16 heavy (non-hydrogen) atoms. The number of nitrogens with zero attached hydrogens (tertiary/aromatic N) is 2. The average molecular weight is 220 g/mol. The molecular formula is C13H20N2O. The zero-order chi connectivity index (χ0) is 12.0. The largest absolute Gasteiger partial charge is 0.377 e. The van der Waals surface area contributed by atoms with Crippen molar-refractivity contribution in [3.05, 3.63) is 18.0 Å². The standard InChI is InChI=1S/C13H20N2O/c1-11(2)5-6-13-9-14-15(10-13)7-8-16-12(3)4/h9-12H,7-8H2,1-4H3. The fourth-order valence-electron chi connectivity index (χ4n) is 1.16. The van der Waals surface area contributed by atoms with Crippen molar-refractivity contribution in [2.24, 2.45) is 5.92 Å². The Bertz CT molecular complexity index is 369. The van der Waals surface area contributed by atoms with E-state index in [1.807, 2.05) is 24.7 Å². The van der Waals surface area contributed by atoms with Gasteiger partial charge in [0, 0.05) is 12.1 Å². The Kier molecular flexibility index (Phi) is 5.07. The highest BCUT2D eigenvalue weighted by Crippen LogP contribution is 1.97. The van der Waals surface area contributed by atoms with E-state index < -0.39 is 0 Å². The highest BCUT2D eigenvalue weighted by Gasteiger charge is 1.97. The van der Waals surface area contributed by atoms with Gasteiger partial charge in [0.25, 0.3) is 0 Å². The van der Waals surface area contributed by atoms with Crippen molar-refractivity contribution in [2.75, 3.05) is 6.61 Å². The SMILES string of the molecule is CC(C)C#Cc1cnn(CCOC(C)C)c1. The molecule has 0 radical (unpaired) electrons. The summed E-state index contributed by atoms with van der Waals surface area (Å²) < 4.78 is 7.32. The summed E-state index contributed by atoms with van der Waals surface area (Å²) in [5.74, 6) is 6.60. The smallest absolute Gasteiger partial charge is 0.0666 e. The quantitative estimate of drug-likeness (QED) is 0.728. The van der Waals surface area contributed by atoms with Gasteiger partial charge in [-0.05, 0) is 13.8 Å². The maximum atomic E-state index is 5.46. The van der Waals surface area contributed by atoms with Gasteiger partial charge in [0.1, 0.15) is 0 Å². The van der Waals surface area contributed by atoms with Crippen LogP contribution in [-0.2, 0) is 11.3 Å². The van der Waals surface area contributed by atoms with Crippen LogP contribution in [0, 0.1) is 17.8 Å². The van der Waals surface area contributed by atoms with Crippen LogP contribution in [0.25, 0.3) is 0 Å². The first-order valence-electron chi connectivity index (χ1n) is 5.73. The third kappa shape index (κ3) is 4.99. The molecule has 1 aromatic heterocycles. The van der Waals surface area contributed by atoms with Crippen molar-refractivity contribution >= 4 is 0 Å². The summed E-state index contributed by atoms with van der Waals surface area (Å²) in [5, 5.41) is 4.23. The zero-order valence-corrected chi connectivity index (χ0v) is 10.5. The van der Waals surface area contributed by atoms with Gasteiger partial charge in [0.15, 0.2) is 0 Å². The Hall–Kier alpha value is -1.27. The number of aromatic nitrogens is 2. The van der Waals surface area contributed by atoms with E-state index in [2.05, 4.69) is 30.8 Å². The van der Waals surface area contributed by atoms with Gasteiger partial charge in [0.05, 0.1) is 31.0 Å². The summed E-state index contributed by atoms with van der Waals surface area (Å²) in [4.78, 5) is 0. The van der Waals surface area contributed by atoms with Gasteiger partial charge in [-0.1, -0.05) is 25.7 Å². The highest BCUT2D eigenvalue weighted by molar-refractivity contribution is 5.29.